The Morgan fingerprint density at radius 1 is 1.24 bits per heavy atom. The Balaban J connectivity index is 1.82. The van der Waals surface area contributed by atoms with Crippen LogP contribution in [0, 0.1) is 0 Å². The average Bonchev–Trinajstić information content (AvgIpc) is 2.53. The minimum Gasteiger partial charge on any atom is -0.350 e. The number of nitrogens with two attached hydrogens (primary N) is 1. The summed E-state index contributed by atoms with van der Waals surface area (Å²) >= 11 is 0. The first kappa shape index (κ1) is 14.1. The van der Waals surface area contributed by atoms with Gasteiger partial charge in [-0.05, 0) is 30.5 Å². The Bertz CT molecular complexity index is 541. The molecular formula is C16H21N3O2. The molecule has 0 radical (unpaired) electrons. The molecule has 1 saturated carbocycles. The predicted molar refractivity (Wildman–Crippen MR) is 79.6 cm³/mol. The smallest absolute Gasteiger partial charge is 0.254 e. The fourth-order valence-electron chi connectivity index (χ4n) is 3.35. The summed E-state index contributed by atoms with van der Waals surface area (Å²) in [5.74, 6) is -0.101. The molecule has 2 unspecified atom stereocenters. The molecule has 21 heavy (non-hydrogen) atoms. The van der Waals surface area contributed by atoms with E-state index in [9.17, 15) is 9.59 Å². The summed E-state index contributed by atoms with van der Waals surface area (Å²) in [7, 11) is 0. The normalized spacial score (nSPS) is 25.2. The molecule has 5 nitrogen and oxygen atoms in total. The van der Waals surface area contributed by atoms with E-state index in [1.807, 2.05) is 12.1 Å². The molecule has 3 rings (SSSR count). The molecule has 2 atom stereocenters. The van der Waals surface area contributed by atoms with Crippen molar-refractivity contribution in [3.8, 4) is 0 Å². The van der Waals surface area contributed by atoms with Gasteiger partial charge in [-0.1, -0.05) is 25.0 Å². The fraction of sp³-hybridized carbons (Fsp3) is 0.500. The van der Waals surface area contributed by atoms with Crippen LogP contribution in [0.25, 0.3) is 0 Å². The SMILES string of the molecule is NCc1ccc(C(=O)N2CC(=O)NC3CCCCC32)cc1. The number of amides is 2. The van der Waals surface area contributed by atoms with Crippen LogP contribution in [0.4, 0.5) is 0 Å². The highest BCUT2D eigenvalue weighted by Crippen LogP contribution is 2.27. The Labute approximate surface area is 124 Å². The molecule has 3 N–H and O–H groups in total. The lowest BCUT2D eigenvalue weighted by molar-refractivity contribution is -0.127. The van der Waals surface area contributed by atoms with E-state index in [-0.39, 0.29) is 30.4 Å². The van der Waals surface area contributed by atoms with Gasteiger partial charge in [-0.3, -0.25) is 9.59 Å². The molecule has 1 aliphatic carbocycles. The van der Waals surface area contributed by atoms with Gasteiger partial charge in [0.25, 0.3) is 5.91 Å². The van der Waals surface area contributed by atoms with Gasteiger partial charge >= 0.3 is 0 Å². The highest BCUT2D eigenvalue weighted by molar-refractivity contribution is 5.97. The van der Waals surface area contributed by atoms with E-state index in [2.05, 4.69) is 5.32 Å². The molecule has 1 aliphatic heterocycles. The number of fused-ring (bicyclic) bond motifs is 1. The number of benzene rings is 1. The second-order valence-electron chi connectivity index (χ2n) is 5.86. The van der Waals surface area contributed by atoms with E-state index in [1.54, 1.807) is 17.0 Å². The van der Waals surface area contributed by atoms with Crippen molar-refractivity contribution >= 4 is 11.8 Å². The van der Waals surface area contributed by atoms with Crippen molar-refractivity contribution in [3.63, 3.8) is 0 Å². The van der Waals surface area contributed by atoms with Crippen LogP contribution >= 0.6 is 0 Å². The monoisotopic (exact) mass is 287 g/mol. The molecule has 0 bridgehead atoms. The second-order valence-corrected chi connectivity index (χ2v) is 5.86. The Hall–Kier alpha value is -1.88. The van der Waals surface area contributed by atoms with Crippen molar-refractivity contribution in [1.29, 1.82) is 0 Å². The standard InChI is InChI=1S/C16H21N3O2/c17-9-11-5-7-12(8-6-11)16(21)19-10-15(20)18-13-3-1-2-4-14(13)19/h5-8,13-14H,1-4,9-10,17H2,(H,18,20). The Morgan fingerprint density at radius 3 is 2.67 bits per heavy atom. The lowest BCUT2D eigenvalue weighted by Crippen LogP contribution is -2.62. The van der Waals surface area contributed by atoms with Crippen LogP contribution < -0.4 is 11.1 Å². The second kappa shape index (κ2) is 5.85. The van der Waals surface area contributed by atoms with E-state index in [4.69, 9.17) is 5.73 Å². The first-order valence-electron chi connectivity index (χ1n) is 7.58. The zero-order chi connectivity index (χ0) is 14.8. The highest BCUT2D eigenvalue weighted by Gasteiger charge is 2.38. The number of nitrogens with zero attached hydrogens (tertiary/aromatic N) is 1. The third kappa shape index (κ3) is 2.78. The first-order chi connectivity index (χ1) is 10.2. The Kier molecular flexibility index (Phi) is 3.92. The van der Waals surface area contributed by atoms with Gasteiger partial charge in [0.2, 0.25) is 5.91 Å². The molecule has 1 aromatic carbocycles. The maximum absolute atomic E-state index is 12.7. The molecule has 112 valence electrons. The number of nitrogens with one attached hydrogen (secondary N) is 1. The van der Waals surface area contributed by atoms with E-state index in [1.165, 1.54) is 0 Å². The van der Waals surface area contributed by atoms with Gasteiger partial charge in [0.15, 0.2) is 0 Å². The molecule has 1 saturated heterocycles. The van der Waals surface area contributed by atoms with Gasteiger partial charge in [-0.2, -0.15) is 0 Å². The number of carbonyl (C=O) groups is 2. The van der Waals surface area contributed by atoms with E-state index < -0.39 is 0 Å². The summed E-state index contributed by atoms with van der Waals surface area (Å²) in [4.78, 5) is 26.3. The highest BCUT2D eigenvalue weighted by atomic mass is 16.2. The molecule has 5 heteroatoms. The minimum absolute atomic E-state index is 0.0506. The van der Waals surface area contributed by atoms with Gasteiger partial charge in [0.05, 0.1) is 6.04 Å². The van der Waals surface area contributed by atoms with Crippen LogP contribution in [0.3, 0.4) is 0 Å². The molecule has 1 aromatic rings. The van der Waals surface area contributed by atoms with Crippen LogP contribution in [-0.4, -0.2) is 35.3 Å². The average molecular weight is 287 g/mol. The topological polar surface area (TPSA) is 75.4 Å². The minimum atomic E-state index is -0.0509. The maximum atomic E-state index is 12.7. The van der Waals surface area contributed by atoms with Crippen molar-refractivity contribution in [3.05, 3.63) is 35.4 Å². The van der Waals surface area contributed by atoms with Crippen molar-refractivity contribution < 1.29 is 9.59 Å². The van der Waals surface area contributed by atoms with Crippen LogP contribution in [0.15, 0.2) is 24.3 Å². The number of hydrogen-bond donors (Lipinski definition) is 2. The van der Waals surface area contributed by atoms with Gasteiger partial charge in [0, 0.05) is 18.2 Å². The summed E-state index contributed by atoms with van der Waals surface area (Å²) in [5, 5.41) is 3.02. The fourth-order valence-corrected chi connectivity index (χ4v) is 3.35. The molecule has 2 amide bonds. The maximum Gasteiger partial charge on any atom is 0.254 e. The van der Waals surface area contributed by atoms with Crippen LogP contribution in [0.5, 0.6) is 0 Å². The van der Waals surface area contributed by atoms with Crippen molar-refractivity contribution in [2.75, 3.05) is 6.54 Å². The van der Waals surface area contributed by atoms with Crippen molar-refractivity contribution in [1.82, 2.24) is 10.2 Å². The van der Waals surface area contributed by atoms with Gasteiger partial charge in [-0.15, -0.1) is 0 Å². The number of piperazine rings is 1. The van der Waals surface area contributed by atoms with Crippen molar-refractivity contribution in [2.45, 2.75) is 44.3 Å². The largest absolute Gasteiger partial charge is 0.350 e. The first-order valence-corrected chi connectivity index (χ1v) is 7.58. The van der Waals surface area contributed by atoms with E-state index >= 15 is 0 Å². The quantitative estimate of drug-likeness (QED) is 0.853. The van der Waals surface area contributed by atoms with Crippen LogP contribution in [0.1, 0.15) is 41.6 Å². The van der Waals surface area contributed by atoms with Gasteiger partial charge in [0.1, 0.15) is 6.54 Å². The summed E-state index contributed by atoms with van der Waals surface area (Å²) in [6, 6.07) is 7.60. The molecule has 0 spiro atoms. The summed E-state index contributed by atoms with van der Waals surface area (Å²) in [6.07, 6.45) is 4.17. The molecular weight excluding hydrogens is 266 g/mol. The number of rotatable bonds is 2. The molecule has 2 aliphatic rings. The van der Waals surface area contributed by atoms with Crippen molar-refractivity contribution in [2.24, 2.45) is 5.73 Å². The summed E-state index contributed by atoms with van der Waals surface area (Å²) in [6.45, 7) is 0.629. The van der Waals surface area contributed by atoms with E-state index in [0.29, 0.717) is 12.1 Å². The van der Waals surface area contributed by atoms with Gasteiger partial charge < -0.3 is 16.0 Å². The van der Waals surface area contributed by atoms with Crippen LogP contribution in [-0.2, 0) is 11.3 Å². The van der Waals surface area contributed by atoms with E-state index in [0.717, 1.165) is 31.2 Å². The summed E-state index contributed by atoms with van der Waals surface area (Å²) < 4.78 is 0. The number of hydrogen-bond acceptors (Lipinski definition) is 3. The number of carbonyl (C=O) groups excluding carboxylic acids is 2. The summed E-state index contributed by atoms with van der Waals surface area (Å²) in [5.41, 5.74) is 7.21. The third-order valence-electron chi connectivity index (χ3n) is 4.49. The molecule has 2 fully saturated rings. The lowest BCUT2D eigenvalue weighted by Gasteiger charge is -2.44. The zero-order valence-electron chi connectivity index (χ0n) is 12.0. The third-order valence-corrected chi connectivity index (χ3v) is 4.49. The molecule has 0 aromatic heterocycles. The predicted octanol–water partition coefficient (Wildman–Crippen LogP) is 1.03. The van der Waals surface area contributed by atoms with Crippen LogP contribution in [0.2, 0.25) is 0 Å². The lowest BCUT2D eigenvalue weighted by atomic mass is 9.87. The van der Waals surface area contributed by atoms with Gasteiger partial charge in [-0.25, -0.2) is 0 Å². The Morgan fingerprint density at radius 2 is 1.95 bits per heavy atom. The zero-order valence-corrected chi connectivity index (χ0v) is 12.0. The molecule has 1 heterocycles.